The molecule has 0 radical (unpaired) electrons. The average molecular weight is 272 g/mol. The Morgan fingerprint density at radius 3 is 2.50 bits per heavy atom. The fourth-order valence-electron chi connectivity index (χ4n) is 1.82. The van der Waals surface area contributed by atoms with Gasteiger partial charge >= 0.3 is 0 Å². The number of aromatic amines is 1. The van der Waals surface area contributed by atoms with Gasteiger partial charge in [0.2, 0.25) is 5.56 Å². The van der Waals surface area contributed by atoms with E-state index in [9.17, 15) is 9.59 Å². The summed E-state index contributed by atoms with van der Waals surface area (Å²) in [6.07, 6.45) is 2.14. The summed E-state index contributed by atoms with van der Waals surface area (Å²) in [4.78, 5) is 25.3. The van der Waals surface area contributed by atoms with Crippen molar-refractivity contribution in [1.82, 2.24) is 10.3 Å². The quantitative estimate of drug-likeness (QED) is 0.754. The van der Waals surface area contributed by atoms with Gasteiger partial charge in [-0.3, -0.25) is 9.59 Å². The van der Waals surface area contributed by atoms with Crippen LogP contribution in [0.3, 0.4) is 0 Å². The average Bonchev–Trinajstić information content (AvgIpc) is 2.48. The highest BCUT2D eigenvalue weighted by Crippen LogP contribution is 2.04. The van der Waals surface area contributed by atoms with Gasteiger partial charge in [0.1, 0.15) is 0 Å². The normalized spacial score (nSPS) is 10.2. The van der Waals surface area contributed by atoms with E-state index in [2.05, 4.69) is 10.3 Å². The maximum Gasteiger partial charge on any atom is 0.251 e. The van der Waals surface area contributed by atoms with E-state index in [1.807, 2.05) is 24.3 Å². The maximum absolute atomic E-state index is 11.8. The van der Waals surface area contributed by atoms with E-state index in [-0.39, 0.29) is 18.1 Å². The molecule has 5 nitrogen and oxygen atoms in total. The van der Waals surface area contributed by atoms with Crippen molar-refractivity contribution >= 4 is 5.91 Å². The van der Waals surface area contributed by atoms with Crippen LogP contribution in [0.25, 0.3) is 0 Å². The molecule has 0 atom stereocenters. The highest BCUT2D eigenvalue weighted by Gasteiger charge is 2.04. The number of benzene rings is 1. The summed E-state index contributed by atoms with van der Waals surface area (Å²) < 4.78 is 0. The number of pyridine rings is 1. The minimum absolute atomic E-state index is 0.0274. The Kier molecular flexibility index (Phi) is 4.68. The van der Waals surface area contributed by atoms with Gasteiger partial charge in [0.05, 0.1) is 6.61 Å². The third-order valence-electron chi connectivity index (χ3n) is 2.94. The Bertz CT molecular complexity index is 632. The zero-order valence-electron chi connectivity index (χ0n) is 10.9. The number of hydrogen-bond donors (Lipinski definition) is 3. The number of carbonyl (C=O) groups is 1. The molecule has 1 aromatic carbocycles. The zero-order chi connectivity index (χ0) is 14.4. The Morgan fingerprint density at radius 2 is 1.85 bits per heavy atom. The lowest BCUT2D eigenvalue weighted by Gasteiger charge is -2.05. The number of amides is 1. The first-order valence-corrected chi connectivity index (χ1v) is 6.34. The highest BCUT2D eigenvalue weighted by molar-refractivity contribution is 5.93. The number of aliphatic hydroxyl groups excluding tert-OH is 1. The van der Waals surface area contributed by atoms with Gasteiger partial charge < -0.3 is 15.4 Å². The molecule has 0 saturated heterocycles. The van der Waals surface area contributed by atoms with Gasteiger partial charge in [-0.25, -0.2) is 0 Å². The number of rotatable bonds is 5. The van der Waals surface area contributed by atoms with Gasteiger partial charge in [-0.2, -0.15) is 0 Å². The summed E-state index contributed by atoms with van der Waals surface area (Å²) in [5.41, 5.74) is 2.00. The molecule has 0 aliphatic heterocycles. The second-order valence-electron chi connectivity index (χ2n) is 4.42. The Labute approximate surface area is 116 Å². The van der Waals surface area contributed by atoms with Crippen molar-refractivity contribution in [2.45, 2.75) is 13.0 Å². The molecule has 0 saturated carbocycles. The second-order valence-corrected chi connectivity index (χ2v) is 4.42. The number of aromatic nitrogens is 1. The van der Waals surface area contributed by atoms with Crippen molar-refractivity contribution in [2.24, 2.45) is 0 Å². The molecule has 2 rings (SSSR count). The number of nitrogens with one attached hydrogen (secondary N) is 2. The Balaban J connectivity index is 1.86. The van der Waals surface area contributed by atoms with E-state index in [0.717, 1.165) is 11.1 Å². The summed E-state index contributed by atoms with van der Waals surface area (Å²) in [6.45, 7) is 0.518. The molecular weight excluding hydrogens is 256 g/mol. The summed E-state index contributed by atoms with van der Waals surface area (Å²) >= 11 is 0. The molecule has 0 spiro atoms. The predicted molar refractivity (Wildman–Crippen MR) is 75.5 cm³/mol. The fourth-order valence-corrected chi connectivity index (χ4v) is 1.82. The van der Waals surface area contributed by atoms with Crippen LogP contribution < -0.4 is 10.9 Å². The Morgan fingerprint density at radius 1 is 1.15 bits per heavy atom. The second kappa shape index (κ2) is 6.68. The van der Waals surface area contributed by atoms with Crippen LogP contribution in [0.2, 0.25) is 0 Å². The van der Waals surface area contributed by atoms with Gasteiger partial charge in [0, 0.05) is 24.4 Å². The van der Waals surface area contributed by atoms with Crippen LogP contribution in [0, 0.1) is 0 Å². The summed E-state index contributed by atoms with van der Waals surface area (Å²) in [5, 5.41) is 11.7. The van der Waals surface area contributed by atoms with Crippen molar-refractivity contribution in [3.63, 3.8) is 0 Å². The molecule has 3 N–H and O–H groups in total. The lowest BCUT2D eigenvalue weighted by molar-refractivity contribution is 0.0954. The van der Waals surface area contributed by atoms with E-state index < -0.39 is 0 Å². The van der Waals surface area contributed by atoms with E-state index in [1.54, 1.807) is 6.07 Å². The third kappa shape index (κ3) is 3.80. The fraction of sp³-hybridized carbons (Fsp3) is 0.200. The van der Waals surface area contributed by atoms with Crippen molar-refractivity contribution in [1.29, 1.82) is 0 Å². The summed E-state index contributed by atoms with van der Waals surface area (Å²) in [6, 6.07) is 10.4. The topological polar surface area (TPSA) is 82.2 Å². The minimum atomic E-state index is -0.294. The molecule has 0 aliphatic rings. The number of aliphatic hydroxyl groups is 1. The maximum atomic E-state index is 11.8. The lowest BCUT2D eigenvalue weighted by Crippen LogP contribution is -2.26. The van der Waals surface area contributed by atoms with Gasteiger partial charge in [0.25, 0.3) is 5.91 Å². The van der Waals surface area contributed by atoms with Crippen LogP contribution in [0.5, 0.6) is 0 Å². The molecular formula is C15H16N2O3. The van der Waals surface area contributed by atoms with Gasteiger partial charge in [-0.15, -0.1) is 0 Å². The lowest BCUT2D eigenvalue weighted by atomic mass is 10.1. The van der Waals surface area contributed by atoms with Crippen LogP contribution in [0.1, 0.15) is 21.5 Å². The minimum Gasteiger partial charge on any atom is -0.392 e. The van der Waals surface area contributed by atoms with Crippen LogP contribution in [-0.4, -0.2) is 22.5 Å². The van der Waals surface area contributed by atoms with Crippen molar-refractivity contribution < 1.29 is 9.90 Å². The monoisotopic (exact) mass is 272 g/mol. The molecule has 1 aromatic heterocycles. The van der Waals surface area contributed by atoms with Crippen LogP contribution in [0.4, 0.5) is 0 Å². The van der Waals surface area contributed by atoms with Crippen LogP contribution >= 0.6 is 0 Å². The molecule has 1 heterocycles. The van der Waals surface area contributed by atoms with E-state index in [4.69, 9.17) is 5.11 Å². The smallest absolute Gasteiger partial charge is 0.251 e. The van der Waals surface area contributed by atoms with Gasteiger partial charge in [0.15, 0.2) is 0 Å². The summed E-state index contributed by atoms with van der Waals surface area (Å²) in [5.74, 6) is -0.261. The molecule has 0 unspecified atom stereocenters. The summed E-state index contributed by atoms with van der Waals surface area (Å²) in [7, 11) is 0. The van der Waals surface area contributed by atoms with E-state index in [1.165, 1.54) is 12.3 Å². The molecule has 0 fully saturated rings. The SMILES string of the molecule is O=C(NCCc1ccc(CO)cc1)c1cc[nH]c(=O)c1. The Hall–Kier alpha value is -2.40. The first-order chi connectivity index (χ1) is 9.69. The molecule has 104 valence electrons. The van der Waals surface area contributed by atoms with Gasteiger partial charge in [-0.1, -0.05) is 24.3 Å². The molecule has 0 aliphatic carbocycles. The van der Waals surface area contributed by atoms with Crippen molar-refractivity contribution in [3.8, 4) is 0 Å². The predicted octanol–water partition coefficient (Wildman–Crippen LogP) is 0.840. The zero-order valence-corrected chi connectivity index (χ0v) is 10.9. The molecule has 5 heteroatoms. The molecule has 2 aromatic rings. The third-order valence-corrected chi connectivity index (χ3v) is 2.94. The van der Waals surface area contributed by atoms with Crippen LogP contribution in [-0.2, 0) is 13.0 Å². The number of hydrogen-bond acceptors (Lipinski definition) is 3. The molecule has 0 bridgehead atoms. The first-order valence-electron chi connectivity index (χ1n) is 6.34. The molecule has 20 heavy (non-hydrogen) atoms. The highest BCUT2D eigenvalue weighted by atomic mass is 16.3. The van der Waals surface area contributed by atoms with Crippen molar-refractivity contribution in [3.05, 3.63) is 69.6 Å². The van der Waals surface area contributed by atoms with E-state index in [0.29, 0.717) is 18.5 Å². The largest absolute Gasteiger partial charge is 0.392 e. The standard InChI is InChI=1S/C15H16N2O3/c18-10-12-3-1-11(2-4-12)5-7-17-15(20)13-6-8-16-14(19)9-13/h1-4,6,8-9,18H,5,7,10H2,(H,16,19)(H,17,20). The van der Waals surface area contributed by atoms with Crippen molar-refractivity contribution in [2.75, 3.05) is 6.54 Å². The number of carbonyl (C=O) groups excluding carboxylic acids is 1. The first kappa shape index (κ1) is 14.0. The van der Waals surface area contributed by atoms with Crippen LogP contribution in [0.15, 0.2) is 47.4 Å². The van der Waals surface area contributed by atoms with E-state index >= 15 is 0 Å². The number of H-pyrrole nitrogens is 1. The molecule has 1 amide bonds. The van der Waals surface area contributed by atoms with Gasteiger partial charge in [-0.05, 0) is 23.6 Å².